The van der Waals surface area contributed by atoms with Crippen LogP contribution in [-0.2, 0) is 0 Å². The van der Waals surface area contributed by atoms with Crippen LogP contribution in [0.3, 0.4) is 0 Å². The maximum Gasteiger partial charge on any atom is 0.307 e. The zero-order valence-corrected chi connectivity index (χ0v) is 13.8. The molecule has 0 unspecified atom stereocenters. The van der Waals surface area contributed by atoms with Crippen molar-refractivity contribution in [3.8, 4) is 0 Å². The molecule has 122 valence electrons. The Balaban J connectivity index is 1.60. The lowest BCUT2D eigenvalue weighted by atomic mass is 10.1. The summed E-state index contributed by atoms with van der Waals surface area (Å²) < 4.78 is 5.65. The number of hydrogen-bond donors (Lipinski definition) is 1. The van der Waals surface area contributed by atoms with Crippen LogP contribution in [-0.4, -0.2) is 12.1 Å². The number of rotatable bonds is 3. The van der Waals surface area contributed by atoms with Gasteiger partial charge in [-0.15, -0.1) is 0 Å². The van der Waals surface area contributed by atoms with E-state index < -0.39 is 5.91 Å². The monoisotopic (exact) mass is 348 g/mol. The molecular weight excluding hydrogens is 336 g/mol. The third-order valence-corrected chi connectivity index (χ3v) is 4.27. The third kappa shape index (κ3) is 2.99. The third-order valence-electron chi connectivity index (χ3n) is 3.92. The van der Waals surface area contributed by atoms with Gasteiger partial charge in [-0.05, 0) is 29.0 Å². The van der Waals surface area contributed by atoms with Crippen LogP contribution in [0.15, 0.2) is 76.2 Å². The van der Waals surface area contributed by atoms with Crippen LogP contribution in [0.5, 0.6) is 0 Å². The average molecular weight is 349 g/mol. The number of carbonyl (C=O) groups excluding carboxylic acids is 1. The second kappa shape index (κ2) is 6.42. The Morgan fingerprint density at radius 2 is 1.80 bits per heavy atom. The molecule has 25 heavy (non-hydrogen) atoms. The van der Waals surface area contributed by atoms with Crippen molar-refractivity contribution in [3.05, 3.63) is 83.1 Å². The average Bonchev–Trinajstić information content (AvgIpc) is 3.08. The molecule has 4 aromatic rings. The van der Waals surface area contributed by atoms with E-state index in [0.717, 1.165) is 21.7 Å². The van der Waals surface area contributed by atoms with Crippen molar-refractivity contribution in [2.75, 3.05) is 0 Å². The van der Waals surface area contributed by atoms with Crippen molar-refractivity contribution < 1.29 is 9.21 Å². The Kier molecular flexibility index (Phi) is 3.96. The molecule has 3 aromatic carbocycles. The summed E-state index contributed by atoms with van der Waals surface area (Å²) in [7, 11) is 0. The lowest BCUT2D eigenvalue weighted by molar-refractivity contribution is 0.0929. The number of amides is 1. The largest absolute Gasteiger partial charge is 0.451 e. The van der Waals surface area contributed by atoms with Crippen molar-refractivity contribution in [2.24, 2.45) is 5.10 Å². The predicted molar refractivity (Wildman–Crippen MR) is 100 cm³/mol. The van der Waals surface area contributed by atoms with E-state index >= 15 is 0 Å². The van der Waals surface area contributed by atoms with E-state index in [1.807, 2.05) is 54.6 Å². The van der Waals surface area contributed by atoms with Gasteiger partial charge in [0, 0.05) is 16.0 Å². The zero-order chi connectivity index (χ0) is 17.2. The molecule has 0 saturated heterocycles. The SMILES string of the molecule is O=C(N/N=C\c1ccccc1Cl)c1cc2c(ccc3ccccc32)o1. The minimum Gasteiger partial charge on any atom is -0.451 e. The molecule has 1 amide bonds. The number of nitrogens with one attached hydrogen (secondary N) is 1. The van der Waals surface area contributed by atoms with Crippen molar-refractivity contribution in [1.29, 1.82) is 0 Å². The summed E-state index contributed by atoms with van der Waals surface area (Å²) in [4.78, 5) is 12.3. The number of hydrazone groups is 1. The van der Waals surface area contributed by atoms with Crippen LogP contribution in [0.4, 0.5) is 0 Å². The Morgan fingerprint density at radius 3 is 2.68 bits per heavy atom. The second-order valence-corrected chi connectivity index (χ2v) is 5.94. The van der Waals surface area contributed by atoms with Crippen LogP contribution in [0, 0.1) is 0 Å². The molecule has 0 atom stereocenters. The molecule has 0 aliphatic heterocycles. The minimum absolute atomic E-state index is 0.211. The molecule has 5 heteroatoms. The maximum atomic E-state index is 12.3. The van der Waals surface area contributed by atoms with Gasteiger partial charge in [0.05, 0.1) is 6.21 Å². The molecule has 0 aliphatic carbocycles. The van der Waals surface area contributed by atoms with E-state index in [1.54, 1.807) is 12.1 Å². The zero-order valence-electron chi connectivity index (χ0n) is 13.1. The first-order valence-corrected chi connectivity index (χ1v) is 8.09. The van der Waals surface area contributed by atoms with Gasteiger partial charge >= 0.3 is 5.91 Å². The molecule has 0 saturated carbocycles. The van der Waals surface area contributed by atoms with Crippen molar-refractivity contribution in [1.82, 2.24) is 5.43 Å². The standard InChI is InChI=1S/C20H13ClN2O2/c21-17-8-4-2-6-14(17)12-22-23-20(24)19-11-16-15-7-3-1-5-13(15)9-10-18(16)25-19/h1-12H,(H,23,24)/b22-12-. The molecule has 0 radical (unpaired) electrons. The second-order valence-electron chi connectivity index (χ2n) is 5.53. The number of furan rings is 1. The maximum absolute atomic E-state index is 12.3. The first kappa shape index (κ1) is 15.4. The van der Waals surface area contributed by atoms with Gasteiger partial charge in [-0.2, -0.15) is 5.10 Å². The Labute approximate surface area is 148 Å². The lowest BCUT2D eigenvalue weighted by Crippen LogP contribution is -2.16. The Bertz CT molecular complexity index is 1120. The fourth-order valence-electron chi connectivity index (χ4n) is 2.70. The predicted octanol–water partition coefficient (Wildman–Crippen LogP) is 5.00. The molecule has 1 N–H and O–H groups in total. The van der Waals surface area contributed by atoms with Gasteiger partial charge in [-0.3, -0.25) is 4.79 Å². The van der Waals surface area contributed by atoms with Crippen LogP contribution >= 0.6 is 11.6 Å². The number of fused-ring (bicyclic) bond motifs is 3. The van der Waals surface area contributed by atoms with Crippen LogP contribution in [0.2, 0.25) is 5.02 Å². The number of benzene rings is 3. The highest BCUT2D eigenvalue weighted by Gasteiger charge is 2.13. The summed E-state index contributed by atoms with van der Waals surface area (Å²) >= 11 is 6.04. The quantitative estimate of drug-likeness (QED) is 0.418. The van der Waals surface area contributed by atoms with Gasteiger partial charge in [-0.1, -0.05) is 60.1 Å². The molecule has 4 rings (SSSR count). The molecule has 4 nitrogen and oxygen atoms in total. The number of halogens is 1. The minimum atomic E-state index is -0.413. The molecule has 1 heterocycles. The smallest absolute Gasteiger partial charge is 0.307 e. The highest BCUT2D eigenvalue weighted by atomic mass is 35.5. The van der Waals surface area contributed by atoms with Gasteiger partial charge in [-0.25, -0.2) is 5.43 Å². The fraction of sp³-hybridized carbons (Fsp3) is 0. The summed E-state index contributed by atoms with van der Waals surface area (Å²) in [5.41, 5.74) is 3.85. The van der Waals surface area contributed by atoms with E-state index in [1.165, 1.54) is 6.21 Å². The van der Waals surface area contributed by atoms with Crippen LogP contribution < -0.4 is 5.43 Å². The van der Waals surface area contributed by atoms with Gasteiger partial charge in [0.1, 0.15) is 5.58 Å². The molecule has 1 aromatic heterocycles. The first-order valence-electron chi connectivity index (χ1n) is 7.71. The summed E-state index contributed by atoms with van der Waals surface area (Å²) in [6.45, 7) is 0. The van der Waals surface area contributed by atoms with E-state index in [2.05, 4.69) is 10.5 Å². The Morgan fingerprint density at radius 1 is 1.00 bits per heavy atom. The van der Waals surface area contributed by atoms with Gasteiger partial charge in [0.25, 0.3) is 0 Å². The number of hydrogen-bond acceptors (Lipinski definition) is 3. The van der Waals surface area contributed by atoms with Crippen LogP contribution in [0.25, 0.3) is 21.7 Å². The van der Waals surface area contributed by atoms with E-state index in [-0.39, 0.29) is 5.76 Å². The van der Waals surface area contributed by atoms with Crippen molar-refractivity contribution in [2.45, 2.75) is 0 Å². The highest BCUT2D eigenvalue weighted by molar-refractivity contribution is 6.33. The number of carbonyl (C=O) groups is 1. The normalized spacial score (nSPS) is 11.4. The molecule has 0 bridgehead atoms. The molecule has 0 spiro atoms. The summed E-state index contributed by atoms with van der Waals surface area (Å²) in [5, 5.41) is 7.55. The number of nitrogens with zero attached hydrogens (tertiary/aromatic N) is 1. The van der Waals surface area contributed by atoms with E-state index in [9.17, 15) is 4.79 Å². The fourth-order valence-corrected chi connectivity index (χ4v) is 2.88. The first-order chi connectivity index (χ1) is 12.2. The van der Waals surface area contributed by atoms with Gasteiger partial charge in [0.15, 0.2) is 5.76 Å². The Hall–Kier alpha value is -3.11. The lowest BCUT2D eigenvalue weighted by Gasteiger charge is -1.97. The topological polar surface area (TPSA) is 54.6 Å². The van der Waals surface area contributed by atoms with Gasteiger partial charge < -0.3 is 4.42 Å². The van der Waals surface area contributed by atoms with Crippen molar-refractivity contribution in [3.63, 3.8) is 0 Å². The highest BCUT2D eigenvalue weighted by Crippen LogP contribution is 2.28. The molecule has 0 fully saturated rings. The molecular formula is C20H13ClN2O2. The van der Waals surface area contributed by atoms with E-state index in [0.29, 0.717) is 10.6 Å². The van der Waals surface area contributed by atoms with Crippen LogP contribution in [0.1, 0.15) is 16.1 Å². The van der Waals surface area contributed by atoms with Gasteiger partial charge in [0.2, 0.25) is 0 Å². The molecule has 0 aliphatic rings. The summed E-state index contributed by atoms with van der Waals surface area (Å²) in [6.07, 6.45) is 1.50. The summed E-state index contributed by atoms with van der Waals surface area (Å²) in [6, 6.07) is 20.8. The van der Waals surface area contributed by atoms with E-state index in [4.69, 9.17) is 16.0 Å². The summed E-state index contributed by atoms with van der Waals surface area (Å²) in [5.74, 6) is -0.203. The van der Waals surface area contributed by atoms with Crippen molar-refractivity contribution >= 4 is 45.5 Å².